The van der Waals surface area contributed by atoms with Gasteiger partial charge < -0.3 is 11.1 Å². The molecular weight excluding hydrogens is 314 g/mol. The Morgan fingerprint density at radius 1 is 1.50 bits per heavy atom. The maximum Gasteiger partial charge on any atom is 0.164 e. The smallest absolute Gasteiger partial charge is 0.164 e. The molecule has 0 amide bonds. The molecule has 0 aliphatic heterocycles. The Balaban J connectivity index is 2.32. The van der Waals surface area contributed by atoms with E-state index in [1.807, 2.05) is 29.8 Å². The average Bonchev–Trinajstić information content (AvgIpc) is 2.78. The number of rotatable bonds is 3. The lowest BCUT2D eigenvalue weighted by Gasteiger charge is -2.15. The first-order valence-corrected chi connectivity index (χ1v) is 6.49. The predicted octanol–water partition coefficient (Wildman–Crippen LogP) is 1.92. The maximum absolute atomic E-state index is 5.47. The molecule has 0 radical (unpaired) electrons. The molecule has 0 bridgehead atoms. The van der Waals surface area contributed by atoms with E-state index in [2.05, 4.69) is 31.2 Å². The van der Waals surface area contributed by atoms with E-state index >= 15 is 0 Å². The highest BCUT2D eigenvalue weighted by Gasteiger charge is 2.13. The van der Waals surface area contributed by atoms with E-state index in [1.165, 1.54) is 0 Å². The Kier molecular flexibility index (Phi) is 3.93. The Morgan fingerprint density at radius 3 is 2.89 bits per heavy atom. The highest BCUT2D eigenvalue weighted by molar-refractivity contribution is 9.10. The predicted molar refractivity (Wildman–Crippen MR) is 77.4 cm³/mol. The van der Waals surface area contributed by atoms with Gasteiger partial charge in [0.15, 0.2) is 5.11 Å². The average molecular weight is 326 g/mol. The zero-order valence-electron chi connectivity index (χ0n) is 9.67. The number of thiocarbonyl (C=S) groups is 1. The zero-order chi connectivity index (χ0) is 13.1. The monoisotopic (exact) mass is 325 g/mol. The van der Waals surface area contributed by atoms with Crippen LogP contribution < -0.4 is 11.1 Å². The lowest BCUT2D eigenvalue weighted by atomic mass is 10.3. The summed E-state index contributed by atoms with van der Waals surface area (Å²) in [6.45, 7) is 1.94. The van der Waals surface area contributed by atoms with Crippen LogP contribution in [0.3, 0.4) is 0 Å². The molecule has 1 atom stereocenters. The molecule has 18 heavy (non-hydrogen) atoms. The van der Waals surface area contributed by atoms with Crippen LogP contribution in [0.1, 0.15) is 18.8 Å². The minimum atomic E-state index is -0.0806. The second-order valence-corrected chi connectivity index (χ2v) is 5.08. The maximum atomic E-state index is 5.47. The molecule has 0 saturated carbocycles. The van der Waals surface area contributed by atoms with Gasteiger partial charge in [0.1, 0.15) is 11.6 Å². The molecule has 0 aliphatic rings. The Labute approximate surface area is 119 Å². The molecular formula is C11H12BrN5S. The van der Waals surface area contributed by atoms with E-state index in [1.54, 1.807) is 12.4 Å². The van der Waals surface area contributed by atoms with Crippen LogP contribution in [0.4, 0.5) is 0 Å². The summed E-state index contributed by atoms with van der Waals surface area (Å²) in [4.78, 5) is 8.63. The summed E-state index contributed by atoms with van der Waals surface area (Å²) in [5, 5.41) is 3.21. The van der Waals surface area contributed by atoms with Crippen LogP contribution in [-0.2, 0) is 0 Å². The fraction of sp³-hybridized carbons (Fsp3) is 0.182. The fourth-order valence-electron chi connectivity index (χ4n) is 1.62. The molecule has 3 N–H and O–H groups in total. The summed E-state index contributed by atoms with van der Waals surface area (Å²) in [6, 6.07) is 3.75. The van der Waals surface area contributed by atoms with E-state index in [9.17, 15) is 0 Å². The number of pyridine rings is 1. The summed E-state index contributed by atoms with van der Waals surface area (Å²) >= 11 is 8.19. The summed E-state index contributed by atoms with van der Waals surface area (Å²) in [6.07, 6.45) is 5.31. The quantitative estimate of drug-likeness (QED) is 0.844. The highest BCUT2D eigenvalue weighted by Crippen LogP contribution is 2.16. The molecule has 0 aliphatic carbocycles. The van der Waals surface area contributed by atoms with Gasteiger partial charge in [-0.15, -0.1) is 0 Å². The molecule has 0 fully saturated rings. The molecule has 94 valence electrons. The van der Waals surface area contributed by atoms with Gasteiger partial charge in [-0.1, -0.05) is 0 Å². The first kappa shape index (κ1) is 13.0. The van der Waals surface area contributed by atoms with Gasteiger partial charge in [-0.25, -0.2) is 9.97 Å². The van der Waals surface area contributed by atoms with Gasteiger partial charge in [0, 0.05) is 23.1 Å². The van der Waals surface area contributed by atoms with Crippen molar-refractivity contribution in [2.24, 2.45) is 5.73 Å². The molecule has 2 rings (SSSR count). The Bertz CT molecular complexity index is 551. The summed E-state index contributed by atoms with van der Waals surface area (Å²) < 4.78 is 2.82. The minimum absolute atomic E-state index is 0.0806. The van der Waals surface area contributed by atoms with E-state index < -0.39 is 0 Å². The van der Waals surface area contributed by atoms with Gasteiger partial charge >= 0.3 is 0 Å². The van der Waals surface area contributed by atoms with Crippen molar-refractivity contribution in [3.05, 3.63) is 41.0 Å². The lowest BCUT2D eigenvalue weighted by molar-refractivity contribution is 0.648. The number of imidazole rings is 1. The van der Waals surface area contributed by atoms with Gasteiger partial charge in [0.05, 0.1) is 6.04 Å². The highest BCUT2D eigenvalue weighted by atomic mass is 79.9. The van der Waals surface area contributed by atoms with Gasteiger partial charge in [-0.3, -0.25) is 4.57 Å². The van der Waals surface area contributed by atoms with E-state index in [0.717, 1.165) is 16.1 Å². The van der Waals surface area contributed by atoms with Crippen LogP contribution in [0.15, 0.2) is 35.2 Å². The van der Waals surface area contributed by atoms with Crippen molar-refractivity contribution in [2.45, 2.75) is 13.0 Å². The van der Waals surface area contributed by atoms with Gasteiger partial charge in [0.2, 0.25) is 0 Å². The summed E-state index contributed by atoms with van der Waals surface area (Å²) in [5.41, 5.74) is 5.47. The van der Waals surface area contributed by atoms with Crippen LogP contribution in [0, 0.1) is 0 Å². The molecule has 2 aromatic rings. The molecule has 0 aromatic carbocycles. The molecule has 0 saturated heterocycles. The standard InChI is InChI=1S/C11H12BrN5S/c1-7(16-11(13)18)10-14-4-5-17(10)9-3-2-8(12)6-15-9/h2-7H,1H3,(H3,13,16,18). The van der Waals surface area contributed by atoms with Crippen molar-refractivity contribution < 1.29 is 0 Å². The second-order valence-electron chi connectivity index (χ2n) is 3.72. The number of hydrogen-bond donors (Lipinski definition) is 2. The van der Waals surface area contributed by atoms with Crippen LogP contribution in [0.2, 0.25) is 0 Å². The molecule has 1 unspecified atom stereocenters. The molecule has 5 nitrogen and oxygen atoms in total. The third-order valence-corrected chi connectivity index (χ3v) is 2.96. The largest absolute Gasteiger partial charge is 0.376 e. The van der Waals surface area contributed by atoms with Crippen molar-refractivity contribution in [1.29, 1.82) is 0 Å². The van der Waals surface area contributed by atoms with Gasteiger partial charge in [-0.05, 0) is 47.2 Å². The number of hydrogen-bond acceptors (Lipinski definition) is 3. The number of halogens is 1. The van der Waals surface area contributed by atoms with Gasteiger partial charge in [-0.2, -0.15) is 0 Å². The third-order valence-electron chi connectivity index (χ3n) is 2.37. The number of aromatic nitrogens is 3. The lowest BCUT2D eigenvalue weighted by Crippen LogP contribution is -2.32. The van der Waals surface area contributed by atoms with E-state index in [4.69, 9.17) is 18.0 Å². The normalized spacial score (nSPS) is 12.1. The van der Waals surface area contributed by atoms with Crippen molar-refractivity contribution in [1.82, 2.24) is 19.9 Å². The van der Waals surface area contributed by atoms with Crippen molar-refractivity contribution >= 4 is 33.3 Å². The first-order chi connectivity index (χ1) is 8.58. The van der Waals surface area contributed by atoms with Gasteiger partial charge in [0.25, 0.3) is 0 Å². The number of nitrogens with two attached hydrogens (primary N) is 1. The van der Waals surface area contributed by atoms with Crippen LogP contribution >= 0.6 is 28.1 Å². The summed E-state index contributed by atoms with van der Waals surface area (Å²) in [5.74, 6) is 1.60. The van der Waals surface area contributed by atoms with E-state index in [-0.39, 0.29) is 11.2 Å². The molecule has 7 heteroatoms. The zero-order valence-corrected chi connectivity index (χ0v) is 12.1. The Hall–Kier alpha value is -1.47. The molecule has 2 aromatic heterocycles. The second kappa shape index (κ2) is 5.45. The first-order valence-electron chi connectivity index (χ1n) is 5.29. The van der Waals surface area contributed by atoms with E-state index in [0.29, 0.717) is 0 Å². The van der Waals surface area contributed by atoms with Crippen molar-refractivity contribution in [3.8, 4) is 5.82 Å². The van der Waals surface area contributed by atoms with Crippen molar-refractivity contribution in [2.75, 3.05) is 0 Å². The number of nitrogens with zero attached hydrogens (tertiary/aromatic N) is 3. The Morgan fingerprint density at radius 2 is 2.28 bits per heavy atom. The third kappa shape index (κ3) is 2.85. The molecule has 0 spiro atoms. The SMILES string of the molecule is CC(NC(N)=S)c1nccn1-c1ccc(Br)cn1. The number of nitrogens with one attached hydrogen (secondary N) is 1. The van der Waals surface area contributed by atoms with Crippen LogP contribution in [0.25, 0.3) is 5.82 Å². The van der Waals surface area contributed by atoms with Crippen molar-refractivity contribution in [3.63, 3.8) is 0 Å². The van der Waals surface area contributed by atoms with Crippen LogP contribution in [-0.4, -0.2) is 19.6 Å². The summed E-state index contributed by atoms with van der Waals surface area (Å²) in [7, 11) is 0. The van der Waals surface area contributed by atoms with Crippen LogP contribution in [0.5, 0.6) is 0 Å². The molecule has 2 heterocycles. The fourth-order valence-corrected chi connectivity index (χ4v) is 2.03. The minimum Gasteiger partial charge on any atom is -0.376 e. The topological polar surface area (TPSA) is 68.8 Å².